The van der Waals surface area contributed by atoms with E-state index < -0.39 is 41.6 Å². The molecule has 0 heterocycles. The van der Waals surface area contributed by atoms with Crippen LogP contribution in [0.25, 0.3) is 10.8 Å². The highest BCUT2D eigenvalue weighted by atomic mass is 19.3. The highest BCUT2D eigenvalue weighted by molar-refractivity contribution is 5.96. The summed E-state index contributed by atoms with van der Waals surface area (Å²) in [4.78, 5) is 35.0. The standard InChI is InChI=1S/C22H24F2O7/c1-12(2)17(22(23,24)19(26)27)30-18(25)15-7-6-14-11-16(9-8-13(14)10-15)29-20(28)31-21(3,4)5/h6-12,17H,1-5H3,(H,26,27). The Kier molecular flexibility index (Phi) is 6.88. The minimum atomic E-state index is -4.23. The third kappa shape index (κ3) is 6.13. The highest BCUT2D eigenvalue weighted by Crippen LogP contribution is 2.29. The number of ether oxygens (including phenoxy) is 3. The van der Waals surface area contributed by atoms with Gasteiger partial charge in [-0.3, -0.25) is 0 Å². The summed E-state index contributed by atoms with van der Waals surface area (Å²) in [5.74, 6) is -8.37. The lowest BCUT2D eigenvalue weighted by Gasteiger charge is -2.26. The molecule has 2 aromatic carbocycles. The fourth-order valence-electron chi connectivity index (χ4n) is 2.72. The van der Waals surface area contributed by atoms with Gasteiger partial charge in [-0.25, -0.2) is 14.4 Å². The molecule has 31 heavy (non-hydrogen) atoms. The molecule has 0 fully saturated rings. The monoisotopic (exact) mass is 438 g/mol. The van der Waals surface area contributed by atoms with Gasteiger partial charge >= 0.3 is 24.0 Å². The number of esters is 1. The van der Waals surface area contributed by atoms with Crippen LogP contribution in [0.1, 0.15) is 45.0 Å². The van der Waals surface area contributed by atoms with Crippen molar-refractivity contribution in [3.05, 3.63) is 42.0 Å². The molecule has 0 amide bonds. The van der Waals surface area contributed by atoms with Crippen molar-refractivity contribution < 1.29 is 42.5 Å². The number of hydrogen-bond acceptors (Lipinski definition) is 6. The number of fused-ring (bicyclic) bond motifs is 1. The van der Waals surface area contributed by atoms with E-state index in [0.717, 1.165) is 0 Å². The maximum atomic E-state index is 13.9. The topological polar surface area (TPSA) is 99.1 Å². The van der Waals surface area contributed by atoms with Crippen molar-refractivity contribution >= 4 is 28.9 Å². The first-order valence-corrected chi connectivity index (χ1v) is 9.47. The lowest BCUT2D eigenvalue weighted by atomic mass is 10.0. The number of carboxylic acids is 1. The van der Waals surface area contributed by atoms with Crippen molar-refractivity contribution in [2.75, 3.05) is 0 Å². The Morgan fingerprint density at radius 3 is 2.10 bits per heavy atom. The van der Waals surface area contributed by atoms with E-state index in [1.165, 1.54) is 38.1 Å². The average molecular weight is 438 g/mol. The molecule has 9 heteroatoms. The second kappa shape index (κ2) is 8.87. The van der Waals surface area contributed by atoms with E-state index in [1.54, 1.807) is 32.9 Å². The summed E-state index contributed by atoms with van der Waals surface area (Å²) in [5.41, 5.74) is -0.741. The Labute approximate surface area is 177 Å². The molecule has 1 atom stereocenters. The number of carbonyl (C=O) groups is 3. The second-order valence-electron chi connectivity index (χ2n) is 8.29. The van der Waals surface area contributed by atoms with E-state index in [4.69, 9.17) is 19.3 Å². The van der Waals surface area contributed by atoms with E-state index in [-0.39, 0.29) is 11.3 Å². The first-order chi connectivity index (χ1) is 14.2. The van der Waals surface area contributed by atoms with E-state index in [1.807, 2.05) is 0 Å². The number of carbonyl (C=O) groups excluding carboxylic acids is 2. The van der Waals surface area contributed by atoms with Crippen molar-refractivity contribution in [3.8, 4) is 5.75 Å². The van der Waals surface area contributed by atoms with Crippen molar-refractivity contribution in [2.24, 2.45) is 5.92 Å². The third-order valence-corrected chi connectivity index (χ3v) is 4.12. The van der Waals surface area contributed by atoms with Crippen LogP contribution >= 0.6 is 0 Å². The SMILES string of the molecule is CC(C)C(OC(=O)c1ccc2cc(OC(=O)OC(C)(C)C)ccc2c1)C(F)(F)C(=O)O. The van der Waals surface area contributed by atoms with Crippen LogP contribution in [-0.2, 0) is 14.3 Å². The van der Waals surface area contributed by atoms with Gasteiger partial charge in [-0.15, -0.1) is 0 Å². The zero-order chi connectivity index (χ0) is 23.6. The van der Waals surface area contributed by atoms with Gasteiger partial charge < -0.3 is 19.3 Å². The molecule has 0 aliphatic heterocycles. The molecular weight excluding hydrogens is 414 g/mol. The highest BCUT2D eigenvalue weighted by Gasteiger charge is 2.51. The summed E-state index contributed by atoms with van der Waals surface area (Å²) < 4.78 is 42.9. The van der Waals surface area contributed by atoms with Gasteiger partial charge in [0, 0.05) is 0 Å². The van der Waals surface area contributed by atoms with Gasteiger partial charge in [-0.1, -0.05) is 26.0 Å². The zero-order valence-electron chi connectivity index (χ0n) is 17.8. The first kappa shape index (κ1) is 24.0. The summed E-state index contributed by atoms with van der Waals surface area (Å²) in [6.07, 6.45) is -3.00. The summed E-state index contributed by atoms with van der Waals surface area (Å²) >= 11 is 0. The molecule has 0 bridgehead atoms. The van der Waals surface area contributed by atoms with Gasteiger partial charge in [-0.05, 0) is 61.7 Å². The minimum absolute atomic E-state index is 0.0276. The van der Waals surface area contributed by atoms with E-state index in [2.05, 4.69) is 0 Å². The normalized spacial score (nSPS) is 13.0. The molecule has 0 saturated carbocycles. The van der Waals surface area contributed by atoms with Gasteiger partial charge in [-0.2, -0.15) is 8.78 Å². The van der Waals surface area contributed by atoms with Crippen LogP contribution in [0.4, 0.5) is 13.6 Å². The number of hydrogen-bond donors (Lipinski definition) is 1. The molecule has 0 spiro atoms. The number of aliphatic carboxylic acids is 1. The van der Waals surface area contributed by atoms with Crippen LogP contribution in [0.5, 0.6) is 5.75 Å². The number of rotatable bonds is 6. The Morgan fingerprint density at radius 1 is 0.968 bits per heavy atom. The fraction of sp³-hybridized carbons (Fsp3) is 0.409. The molecule has 2 aromatic rings. The van der Waals surface area contributed by atoms with Crippen LogP contribution in [0, 0.1) is 5.92 Å². The largest absolute Gasteiger partial charge is 0.514 e. The molecule has 168 valence electrons. The van der Waals surface area contributed by atoms with Crippen LogP contribution in [0.2, 0.25) is 0 Å². The van der Waals surface area contributed by atoms with Crippen molar-refractivity contribution in [1.82, 2.24) is 0 Å². The van der Waals surface area contributed by atoms with Gasteiger partial charge in [0.1, 0.15) is 11.4 Å². The molecule has 0 aromatic heterocycles. The molecule has 1 unspecified atom stereocenters. The van der Waals surface area contributed by atoms with E-state index in [0.29, 0.717) is 10.8 Å². The van der Waals surface area contributed by atoms with E-state index >= 15 is 0 Å². The molecule has 0 aliphatic carbocycles. The molecular formula is C22H24F2O7. The molecule has 2 rings (SSSR count). The first-order valence-electron chi connectivity index (χ1n) is 9.47. The maximum Gasteiger partial charge on any atom is 0.514 e. The van der Waals surface area contributed by atoms with Crippen LogP contribution in [-0.4, -0.2) is 40.8 Å². The summed E-state index contributed by atoms with van der Waals surface area (Å²) in [6.45, 7) is 7.77. The van der Waals surface area contributed by atoms with Crippen LogP contribution in [0.15, 0.2) is 36.4 Å². The fourth-order valence-corrected chi connectivity index (χ4v) is 2.72. The molecule has 7 nitrogen and oxygen atoms in total. The lowest BCUT2D eigenvalue weighted by Crippen LogP contribution is -2.47. The van der Waals surface area contributed by atoms with Gasteiger partial charge in [0.2, 0.25) is 0 Å². The van der Waals surface area contributed by atoms with Crippen LogP contribution < -0.4 is 4.74 Å². The number of benzene rings is 2. The van der Waals surface area contributed by atoms with Crippen LogP contribution in [0.3, 0.4) is 0 Å². The Morgan fingerprint density at radius 2 is 1.55 bits per heavy atom. The molecule has 0 aliphatic rings. The summed E-state index contributed by atoms with van der Waals surface area (Å²) in [5, 5.41) is 9.91. The Bertz CT molecular complexity index is 993. The second-order valence-corrected chi connectivity index (χ2v) is 8.29. The third-order valence-electron chi connectivity index (χ3n) is 4.12. The Balaban J connectivity index is 2.21. The predicted molar refractivity (Wildman–Crippen MR) is 107 cm³/mol. The van der Waals surface area contributed by atoms with E-state index in [9.17, 15) is 23.2 Å². The van der Waals surface area contributed by atoms with Crippen molar-refractivity contribution in [2.45, 2.75) is 52.2 Å². The number of carboxylic acid groups (broad SMARTS) is 1. The molecule has 1 N–H and O–H groups in total. The zero-order valence-corrected chi connectivity index (χ0v) is 17.8. The summed E-state index contributed by atoms with van der Waals surface area (Å²) in [7, 11) is 0. The number of halogens is 2. The van der Waals surface area contributed by atoms with Crippen molar-refractivity contribution in [1.29, 1.82) is 0 Å². The molecule has 0 radical (unpaired) electrons. The van der Waals surface area contributed by atoms with Crippen molar-refractivity contribution in [3.63, 3.8) is 0 Å². The quantitative estimate of drug-likeness (QED) is 0.497. The summed E-state index contributed by atoms with van der Waals surface area (Å²) in [6, 6.07) is 8.87. The Hall–Kier alpha value is -3.23. The van der Waals surface area contributed by atoms with Gasteiger partial charge in [0.25, 0.3) is 0 Å². The number of alkyl halides is 2. The minimum Gasteiger partial charge on any atom is -0.477 e. The van der Waals surface area contributed by atoms with Gasteiger partial charge in [0.05, 0.1) is 5.56 Å². The molecule has 0 saturated heterocycles. The smallest absolute Gasteiger partial charge is 0.477 e. The average Bonchev–Trinajstić information content (AvgIpc) is 2.63. The predicted octanol–water partition coefficient (Wildman–Crippen LogP) is 5.06. The van der Waals surface area contributed by atoms with Gasteiger partial charge in [0.15, 0.2) is 6.10 Å². The maximum absolute atomic E-state index is 13.9. The lowest BCUT2D eigenvalue weighted by molar-refractivity contribution is -0.187.